The average Bonchev–Trinajstić information content (AvgIpc) is 3.48. The van der Waals surface area contributed by atoms with E-state index in [-0.39, 0.29) is 5.78 Å². The molecule has 0 atom stereocenters. The number of unbranched alkanes of at least 4 members (excludes halogenated alkanes) is 1. The summed E-state index contributed by atoms with van der Waals surface area (Å²) in [7, 11) is 0. The summed E-state index contributed by atoms with van der Waals surface area (Å²) in [5, 5.41) is 18.7. The Balaban J connectivity index is 1.59. The second-order valence-corrected chi connectivity index (χ2v) is 7.22. The molecule has 0 aliphatic rings. The first kappa shape index (κ1) is 20.5. The summed E-state index contributed by atoms with van der Waals surface area (Å²) in [5.41, 5.74) is 3.62. The number of carbonyl (C=O) groups excluding carboxylic acids is 1. The number of nitrogens with one attached hydrogen (secondary N) is 1. The first-order chi connectivity index (χ1) is 15.2. The zero-order chi connectivity index (χ0) is 21.6. The number of aromatic amines is 1. The normalized spacial score (nSPS) is 11.0. The van der Waals surface area contributed by atoms with Crippen molar-refractivity contribution in [1.29, 1.82) is 0 Å². The molecule has 3 aromatic heterocycles. The van der Waals surface area contributed by atoms with E-state index in [0.29, 0.717) is 24.6 Å². The smallest absolute Gasteiger partial charge is 0.217 e. The van der Waals surface area contributed by atoms with Crippen LogP contribution in [0, 0.1) is 0 Å². The van der Waals surface area contributed by atoms with Gasteiger partial charge in [-0.1, -0.05) is 44.5 Å². The van der Waals surface area contributed by atoms with Gasteiger partial charge in [0.2, 0.25) is 17.4 Å². The molecule has 0 aliphatic heterocycles. The molecule has 0 saturated carbocycles. The third kappa shape index (κ3) is 4.55. The largest absolute Gasteiger partial charge is 0.291 e. The molecule has 3 heterocycles. The Hall–Kier alpha value is -3.75. The highest BCUT2D eigenvalue weighted by atomic mass is 16.1. The van der Waals surface area contributed by atoms with Gasteiger partial charge in [-0.2, -0.15) is 5.21 Å². The number of pyridine rings is 1. The quantitative estimate of drug-likeness (QED) is 0.415. The number of aromatic nitrogens is 8. The maximum absolute atomic E-state index is 12.1. The lowest BCUT2D eigenvalue weighted by Crippen LogP contribution is -2.08. The van der Waals surface area contributed by atoms with Gasteiger partial charge >= 0.3 is 0 Å². The summed E-state index contributed by atoms with van der Waals surface area (Å²) in [4.78, 5) is 21.1. The Morgan fingerprint density at radius 1 is 1.13 bits per heavy atom. The third-order valence-corrected chi connectivity index (χ3v) is 5.03. The fourth-order valence-corrected chi connectivity index (χ4v) is 3.33. The van der Waals surface area contributed by atoms with Crippen LogP contribution >= 0.6 is 0 Å². The van der Waals surface area contributed by atoms with E-state index in [9.17, 15) is 4.79 Å². The Labute approximate surface area is 180 Å². The standard InChI is InChI=1S/C22H24N8O/c1-3-5-8-19-24-22(18(31)4-2)27-30(19)14-15-9-11-16(12-10-15)20-17(7-6-13-23-20)21-25-28-29-26-21/h6-7,9-13H,3-5,8,14H2,1-2H3,(H,25,26,28,29). The zero-order valence-corrected chi connectivity index (χ0v) is 17.6. The molecule has 0 saturated heterocycles. The van der Waals surface area contributed by atoms with E-state index in [4.69, 9.17) is 0 Å². The molecule has 0 amide bonds. The summed E-state index contributed by atoms with van der Waals surface area (Å²) in [6.07, 6.45) is 5.02. The van der Waals surface area contributed by atoms with Gasteiger partial charge in [0.05, 0.1) is 12.2 Å². The van der Waals surface area contributed by atoms with Gasteiger partial charge < -0.3 is 0 Å². The summed E-state index contributed by atoms with van der Waals surface area (Å²) >= 11 is 0. The number of hydrogen-bond acceptors (Lipinski definition) is 7. The van der Waals surface area contributed by atoms with E-state index < -0.39 is 0 Å². The number of Topliss-reactive ketones (excluding diaryl/α,β-unsaturated/α-hetero) is 1. The molecule has 31 heavy (non-hydrogen) atoms. The van der Waals surface area contributed by atoms with Crippen LogP contribution in [0.2, 0.25) is 0 Å². The van der Waals surface area contributed by atoms with E-state index in [1.807, 2.05) is 48.0 Å². The number of carbonyl (C=O) groups is 1. The summed E-state index contributed by atoms with van der Waals surface area (Å²) < 4.78 is 1.85. The van der Waals surface area contributed by atoms with Crippen LogP contribution in [-0.2, 0) is 13.0 Å². The number of benzene rings is 1. The van der Waals surface area contributed by atoms with Crippen molar-refractivity contribution in [3.8, 4) is 22.6 Å². The van der Waals surface area contributed by atoms with Crippen LogP contribution in [0.1, 0.15) is 55.1 Å². The van der Waals surface area contributed by atoms with Crippen molar-refractivity contribution in [2.45, 2.75) is 46.1 Å². The summed E-state index contributed by atoms with van der Waals surface area (Å²) in [6, 6.07) is 11.9. The van der Waals surface area contributed by atoms with Crippen LogP contribution in [-0.4, -0.2) is 46.2 Å². The predicted octanol–water partition coefficient (Wildman–Crippen LogP) is 3.50. The fraction of sp³-hybridized carbons (Fsp3) is 0.318. The van der Waals surface area contributed by atoms with E-state index in [2.05, 4.69) is 42.6 Å². The molecule has 0 spiro atoms. The minimum absolute atomic E-state index is 0.0315. The Kier molecular flexibility index (Phi) is 6.21. The molecule has 1 N–H and O–H groups in total. The third-order valence-electron chi connectivity index (χ3n) is 5.03. The molecule has 4 rings (SSSR count). The number of nitrogens with zero attached hydrogens (tertiary/aromatic N) is 7. The summed E-state index contributed by atoms with van der Waals surface area (Å²) in [6.45, 7) is 4.52. The van der Waals surface area contributed by atoms with Crippen LogP contribution in [0.3, 0.4) is 0 Å². The second-order valence-electron chi connectivity index (χ2n) is 7.22. The molecular formula is C22H24N8O. The monoisotopic (exact) mass is 416 g/mol. The minimum atomic E-state index is -0.0315. The number of ketones is 1. The lowest BCUT2D eigenvalue weighted by atomic mass is 10.0. The molecule has 0 fully saturated rings. The maximum Gasteiger partial charge on any atom is 0.217 e. The minimum Gasteiger partial charge on any atom is -0.291 e. The molecule has 0 aliphatic carbocycles. The van der Waals surface area contributed by atoms with Crippen LogP contribution in [0.5, 0.6) is 0 Å². The SMILES string of the molecule is CCCCc1nc(C(=O)CC)nn1Cc1ccc(-c2ncccc2-c2nn[nH]n2)cc1. The molecule has 0 bridgehead atoms. The van der Waals surface area contributed by atoms with Crippen molar-refractivity contribution >= 4 is 5.78 Å². The number of hydrogen-bond donors (Lipinski definition) is 1. The molecule has 158 valence electrons. The van der Waals surface area contributed by atoms with Crippen molar-refractivity contribution in [2.75, 3.05) is 0 Å². The first-order valence-electron chi connectivity index (χ1n) is 10.4. The molecule has 0 radical (unpaired) electrons. The van der Waals surface area contributed by atoms with Gasteiger partial charge in [-0.15, -0.1) is 15.3 Å². The van der Waals surface area contributed by atoms with Crippen LogP contribution in [0.15, 0.2) is 42.6 Å². The van der Waals surface area contributed by atoms with Gasteiger partial charge in [-0.05, 0) is 29.3 Å². The lowest BCUT2D eigenvalue weighted by Gasteiger charge is -2.08. The molecule has 1 aromatic carbocycles. The molecule has 9 nitrogen and oxygen atoms in total. The molecular weight excluding hydrogens is 392 g/mol. The fourth-order valence-electron chi connectivity index (χ4n) is 3.33. The van der Waals surface area contributed by atoms with Crippen LogP contribution in [0.25, 0.3) is 22.6 Å². The first-order valence-corrected chi connectivity index (χ1v) is 10.4. The van der Waals surface area contributed by atoms with E-state index in [1.165, 1.54) is 0 Å². The predicted molar refractivity (Wildman–Crippen MR) is 115 cm³/mol. The topological polar surface area (TPSA) is 115 Å². The number of tetrazole rings is 1. The average molecular weight is 416 g/mol. The van der Waals surface area contributed by atoms with Crippen LogP contribution < -0.4 is 0 Å². The van der Waals surface area contributed by atoms with Crippen molar-refractivity contribution in [3.63, 3.8) is 0 Å². The highest BCUT2D eigenvalue weighted by molar-refractivity contribution is 5.92. The Bertz CT molecular complexity index is 1150. The van der Waals surface area contributed by atoms with Crippen molar-refractivity contribution in [1.82, 2.24) is 40.4 Å². The zero-order valence-electron chi connectivity index (χ0n) is 17.6. The highest BCUT2D eigenvalue weighted by Crippen LogP contribution is 2.27. The van der Waals surface area contributed by atoms with Gasteiger partial charge in [-0.3, -0.25) is 9.78 Å². The Morgan fingerprint density at radius 2 is 1.97 bits per heavy atom. The maximum atomic E-state index is 12.1. The number of H-pyrrole nitrogens is 1. The number of rotatable bonds is 9. The van der Waals surface area contributed by atoms with E-state index in [1.54, 1.807) is 6.20 Å². The van der Waals surface area contributed by atoms with Crippen molar-refractivity contribution in [3.05, 3.63) is 59.8 Å². The molecule has 9 heteroatoms. The summed E-state index contributed by atoms with van der Waals surface area (Å²) in [5.74, 6) is 1.63. The van der Waals surface area contributed by atoms with Gasteiger partial charge in [0.25, 0.3) is 0 Å². The number of aryl methyl sites for hydroxylation is 1. The van der Waals surface area contributed by atoms with Crippen molar-refractivity contribution < 1.29 is 4.79 Å². The Morgan fingerprint density at radius 3 is 2.68 bits per heavy atom. The second kappa shape index (κ2) is 9.38. The van der Waals surface area contributed by atoms with E-state index >= 15 is 0 Å². The van der Waals surface area contributed by atoms with Gasteiger partial charge in [0, 0.05) is 30.2 Å². The van der Waals surface area contributed by atoms with Gasteiger partial charge in [-0.25, -0.2) is 9.67 Å². The van der Waals surface area contributed by atoms with Gasteiger partial charge in [0.15, 0.2) is 0 Å². The lowest BCUT2D eigenvalue weighted by molar-refractivity contribution is 0.0978. The van der Waals surface area contributed by atoms with Crippen molar-refractivity contribution in [2.24, 2.45) is 0 Å². The molecule has 0 unspecified atom stereocenters. The highest BCUT2D eigenvalue weighted by Gasteiger charge is 2.16. The van der Waals surface area contributed by atoms with Crippen LogP contribution in [0.4, 0.5) is 0 Å². The van der Waals surface area contributed by atoms with Gasteiger partial charge in [0.1, 0.15) is 5.82 Å². The molecule has 4 aromatic rings. The van der Waals surface area contributed by atoms with E-state index in [0.717, 1.165) is 47.5 Å².